The van der Waals surface area contributed by atoms with Crippen molar-refractivity contribution < 1.29 is 9.63 Å². The first kappa shape index (κ1) is 14.5. The van der Waals surface area contributed by atoms with Crippen LogP contribution in [0.2, 0.25) is 0 Å². The number of benzene rings is 1. The number of aromatic nitrogens is 2. The largest absolute Gasteiger partial charge is 0.507 e. The van der Waals surface area contributed by atoms with Crippen molar-refractivity contribution in [1.29, 1.82) is 0 Å². The van der Waals surface area contributed by atoms with Gasteiger partial charge in [0, 0.05) is 24.1 Å². The Bertz CT molecular complexity index is 646. The van der Waals surface area contributed by atoms with Gasteiger partial charge in [-0.1, -0.05) is 21.1 Å². The minimum atomic E-state index is 0.110. The lowest BCUT2D eigenvalue weighted by atomic mass is 10.1. The van der Waals surface area contributed by atoms with Gasteiger partial charge in [0.15, 0.2) is 5.82 Å². The molecule has 2 heterocycles. The third kappa shape index (κ3) is 2.95. The number of hydrogen-bond donors (Lipinski definition) is 1. The number of aromatic hydroxyl groups is 1. The summed E-state index contributed by atoms with van der Waals surface area (Å²) in [5.41, 5.74) is 0.545. The van der Waals surface area contributed by atoms with Crippen LogP contribution in [-0.2, 0) is 0 Å². The molecule has 21 heavy (non-hydrogen) atoms. The van der Waals surface area contributed by atoms with Crippen LogP contribution in [0, 0.1) is 0 Å². The lowest BCUT2D eigenvalue weighted by molar-refractivity contribution is 0.108. The predicted octanol–water partition coefficient (Wildman–Crippen LogP) is 2.12. The van der Waals surface area contributed by atoms with E-state index in [0.717, 1.165) is 24.1 Å². The quantitative estimate of drug-likeness (QED) is 0.892. The van der Waals surface area contributed by atoms with Crippen molar-refractivity contribution in [3.63, 3.8) is 0 Å². The molecule has 1 N–H and O–H groups in total. The van der Waals surface area contributed by atoms with E-state index >= 15 is 0 Å². The first-order valence-corrected chi connectivity index (χ1v) is 7.55. The molecule has 0 bridgehead atoms. The van der Waals surface area contributed by atoms with E-state index in [-0.39, 0.29) is 11.8 Å². The average Bonchev–Trinajstić information content (AvgIpc) is 2.91. The van der Waals surface area contributed by atoms with Crippen molar-refractivity contribution in [1.82, 2.24) is 19.9 Å². The lowest BCUT2D eigenvalue weighted by Crippen LogP contribution is -2.45. The number of halogens is 1. The van der Waals surface area contributed by atoms with Gasteiger partial charge in [0.2, 0.25) is 0 Å². The Labute approximate surface area is 131 Å². The molecule has 0 radical (unpaired) electrons. The molecule has 2 aromatic rings. The Kier molecular flexibility index (Phi) is 3.97. The molecular formula is C14H17BrN4O2. The topological polar surface area (TPSA) is 65.6 Å². The molecule has 1 saturated heterocycles. The van der Waals surface area contributed by atoms with Gasteiger partial charge < -0.3 is 14.5 Å². The molecule has 6 nitrogen and oxygen atoms in total. The Hall–Kier alpha value is -1.44. The fourth-order valence-electron chi connectivity index (χ4n) is 2.45. The Morgan fingerprint density at radius 1 is 1.33 bits per heavy atom. The van der Waals surface area contributed by atoms with E-state index in [1.807, 2.05) is 6.07 Å². The zero-order valence-corrected chi connectivity index (χ0v) is 13.5. The van der Waals surface area contributed by atoms with Crippen LogP contribution in [0.5, 0.6) is 5.75 Å². The van der Waals surface area contributed by atoms with Crippen molar-refractivity contribution in [2.45, 2.75) is 6.04 Å². The predicted molar refractivity (Wildman–Crippen MR) is 82.0 cm³/mol. The number of rotatable bonds is 2. The van der Waals surface area contributed by atoms with Crippen LogP contribution in [0.15, 0.2) is 27.2 Å². The minimum Gasteiger partial charge on any atom is -0.507 e. The number of phenols is 1. The summed E-state index contributed by atoms with van der Waals surface area (Å²) in [6, 6.07) is 5.31. The SMILES string of the molecule is CN1CCN(C)C(c2noc(-c3ccc(Br)cc3O)n2)C1. The molecule has 0 amide bonds. The van der Waals surface area contributed by atoms with Crippen molar-refractivity contribution >= 4 is 15.9 Å². The second-order valence-corrected chi connectivity index (χ2v) is 6.29. The van der Waals surface area contributed by atoms with E-state index in [2.05, 4.69) is 50.0 Å². The van der Waals surface area contributed by atoms with Gasteiger partial charge in [0.25, 0.3) is 5.89 Å². The Balaban J connectivity index is 1.89. The van der Waals surface area contributed by atoms with Gasteiger partial charge in [-0.25, -0.2) is 0 Å². The van der Waals surface area contributed by atoms with Crippen molar-refractivity contribution in [3.05, 3.63) is 28.5 Å². The van der Waals surface area contributed by atoms with E-state index in [9.17, 15) is 5.11 Å². The molecule has 7 heteroatoms. The maximum Gasteiger partial charge on any atom is 0.261 e. The fourth-order valence-corrected chi connectivity index (χ4v) is 2.80. The number of piperazine rings is 1. The first-order chi connectivity index (χ1) is 10.0. The van der Waals surface area contributed by atoms with E-state index in [1.165, 1.54) is 0 Å². The van der Waals surface area contributed by atoms with E-state index in [0.29, 0.717) is 17.3 Å². The summed E-state index contributed by atoms with van der Waals surface area (Å²) in [4.78, 5) is 8.92. The van der Waals surface area contributed by atoms with Gasteiger partial charge in [-0.2, -0.15) is 4.98 Å². The standard InChI is InChI=1S/C14H17BrN4O2/c1-18-5-6-19(2)11(8-18)13-16-14(21-17-13)10-4-3-9(15)7-12(10)20/h3-4,7,11,20H,5-6,8H2,1-2H3. The van der Waals surface area contributed by atoms with E-state index in [1.54, 1.807) is 12.1 Å². The van der Waals surface area contributed by atoms with E-state index < -0.39 is 0 Å². The van der Waals surface area contributed by atoms with Gasteiger partial charge in [-0.15, -0.1) is 0 Å². The summed E-state index contributed by atoms with van der Waals surface area (Å²) in [5.74, 6) is 1.12. The zero-order valence-electron chi connectivity index (χ0n) is 12.0. The van der Waals surface area contributed by atoms with Gasteiger partial charge in [0.05, 0.1) is 11.6 Å². The van der Waals surface area contributed by atoms with Gasteiger partial charge in [0.1, 0.15) is 5.75 Å². The maximum atomic E-state index is 9.98. The second kappa shape index (κ2) is 5.75. The Morgan fingerprint density at radius 3 is 2.90 bits per heavy atom. The number of likely N-dealkylation sites (N-methyl/N-ethyl adjacent to an activating group) is 2. The molecule has 0 saturated carbocycles. The number of hydrogen-bond acceptors (Lipinski definition) is 6. The molecule has 1 aliphatic rings. The third-order valence-electron chi connectivity index (χ3n) is 3.78. The van der Waals surface area contributed by atoms with Crippen LogP contribution >= 0.6 is 15.9 Å². The van der Waals surface area contributed by atoms with Crippen LogP contribution in [0.1, 0.15) is 11.9 Å². The summed E-state index contributed by atoms with van der Waals surface area (Å²) in [5, 5.41) is 14.1. The molecule has 1 fully saturated rings. The lowest BCUT2D eigenvalue weighted by Gasteiger charge is -2.35. The van der Waals surface area contributed by atoms with E-state index in [4.69, 9.17) is 4.52 Å². The first-order valence-electron chi connectivity index (χ1n) is 6.76. The van der Waals surface area contributed by atoms with Gasteiger partial charge >= 0.3 is 0 Å². The molecule has 1 aliphatic heterocycles. The van der Waals surface area contributed by atoms with Crippen molar-refractivity contribution in [2.24, 2.45) is 0 Å². The summed E-state index contributed by atoms with van der Waals surface area (Å²) in [7, 11) is 4.15. The van der Waals surface area contributed by atoms with Crippen LogP contribution in [0.4, 0.5) is 0 Å². The van der Waals surface area contributed by atoms with Gasteiger partial charge in [-0.05, 0) is 32.3 Å². The fraction of sp³-hybridized carbons (Fsp3) is 0.429. The summed E-state index contributed by atoms with van der Waals surface area (Å²) in [6.45, 7) is 2.86. The summed E-state index contributed by atoms with van der Waals surface area (Å²) < 4.78 is 6.13. The molecule has 1 aromatic carbocycles. The molecule has 3 rings (SSSR count). The van der Waals surface area contributed by atoms with Crippen LogP contribution in [-0.4, -0.2) is 58.8 Å². The average molecular weight is 353 g/mol. The maximum absolute atomic E-state index is 9.98. The third-order valence-corrected chi connectivity index (χ3v) is 4.27. The van der Waals surface area contributed by atoms with Crippen LogP contribution < -0.4 is 0 Å². The molecular weight excluding hydrogens is 336 g/mol. The zero-order chi connectivity index (χ0) is 15.0. The molecule has 1 aromatic heterocycles. The summed E-state index contributed by atoms with van der Waals surface area (Å²) >= 11 is 3.31. The highest BCUT2D eigenvalue weighted by Crippen LogP contribution is 2.31. The van der Waals surface area contributed by atoms with Crippen molar-refractivity contribution in [3.8, 4) is 17.2 Å². The summed E-state index contributed by atoms with van der Waals surface area (Å²) in [6.07, 6.45) is 0. The molecule has 112 valence electrons. The molecule has 0 aliphatic carbocycles. The highest BCUT2D eigenvalue weighted by molar-refractivity contribution is 9.10. The second-order valence-electron chi connectivity index (χ2n) is 5.38. The smallest absolute Gasteiger partial charge is 0.261 e. The monoisotopic (exact) mass is 352 g/mol. The normalized spacial score (nSPS) is 20.8. The van der Waals surface area contributed by atoms with Crippen molar-refractivity contribution in [2.75, 3.05) is 33.7 Å². The Morgan fingerprint density at radius 2 is 2.14 bits per heavy atom. The molecule has 1 atom stereocenters. The minimum absolute atomic E-state index is 0.110. The number of phenolic OH excluding ortho intramolecular Hbond substituents is 1. The molecule has 0 spiro atoms. The highest BCUT2D eigenvalue weighted by atomic mass is 79.9. The van der Waals surface area contributed by atoms with Crippen LogP contribution in [0.25, 0.3) is 11.5 Å². The number of nitrogens with zero attached hydrogens (tertiary/aromatic N) is 4. The molecule has 1 unspecified atom stereocenters. The van der Waals surface area contributed by atoms with Gasteiger partial charge in [-0.3, -0.25) is 4.90 Å². The highest BCUT2D eigenvalue weighted by Gasteiger charge is 2.28. The van der Waals surface area contributed by atoms with Crippen LogP contribution in [0.3, 0.4) is 0 Å².